The number of halogens is 4. The van der Waals surface area contributed by atoms with Gasteiger partial charge in [0.15, 0.2) is 0 Å². The largest absolute Gasteiger partial charge is 0.512 e. The fourth-order valence-corrected chi connectivity index (χ4v) is 1.60. The number of hydrogen-bond acceptors (Lipinski definition) is 5. The molecule has 0 radical (unpaired) electrons. The zero-order chi connectivity index (χ0) is 12.9. The Labute approximate surface area is 84.1 Å². The Bertz CT molecular complexity index is 371. The average molecular weight is 276 g/mol. The van der Waals surface area contributed by atoms with Crippen molar-refractivity contribution in [1.82, 2.24) is 9.44 Å². The Morgan fingerprint density at radius 2 is 1.27 bits per heavy atom. The molecule has 0 saturated carbocycles. The van der Waals surface area contributed by atoms with E-state index in [9.17, 15) is 33.9 Å². The summed E-state index contributed by atoms with van der Waals surface area (Å²) in [7, 11) is -8.34. The molecule has 94 valence electrons. The van der Waals surface area contributed by atoms with Gasteiger partial charge in [-0.05, 0) is 14.1 Å². The lowest BCUT2D eigenvalue weighted by Gasteiger charge is -2.04. The highest BCUT2D eigenvalue weighted by Crippen LogP contribution is 2.22. The van der Waals surface area contributed by atoms with E-state index in [1.165, 1.54) is 0 Å². The number of nitrogens with one attached hydrogen (secondary N) is 2. The van der Waals surface area contributed by atoms with Crippen molar-refractivity contribution >= 4 is 20.4 Å². The van der Waals surface area contributed by atoms with Gasteiger partial charge in [0.1, 0.15) is 0 Å². The molecule has 0 bridgehead atoms. The van der Waals surface area contributed by atoms with Crippen LogP contribution in [0.3, 0.4) is 0 Å². The summed E-state index contributed by atoms with van der Waals surface area (Å²) in [6, 6.07) is 0. The van der Waals surface area contributed by atoms with Crippen LogP contribution in [-0.4, -0.2) is 36.4 Å². The predicted octanol–water partition coefficient (Wildman–Crippen LogP) is -0.525. The molecule has 0 aromatic carbocycles. The first-order valence-electron chi connectivity index (χ1n) is 3.00. The lowest BCUT2D eigenvalue weighted by molar-refractivity contribution is -0.0441. The molecule has 0 unspecified atom stereocenters. The quantitative estimate of drug-likeness (QED) is 0.523. The highest BCUT2D eigenvalue weighted by Gasteiger charge is 2.48. The first kappa shape index (κ1) is 17.0. The molecule has 0 aliphatic heterocycles. The predicted molar refractivity (Wildman–Crippen MR) is 43.1 cm³/mol. The first-order valence-corrected chi connectivity index (χ1v) is 5.87. The summed E-state index contributed by atoms with van der Waals surface area (Å²) in [6.07, 6.45) is 0. The minimum absolute atomic E-state index is 0.212. The topological polar surface area (TPSA) is 92.3 Å². The maximum atomic E-state index is 11.4. The first-order chi connectivity index (χ1) is 6.37. The maximum absolute atomic E-state index is 11.4. The van der Waals surface area contributed by atoms with Crippen molar-refractivity contribution in [3.63, 3.8) is 0 Å². The lowest BCUT2D eigenvalue weighted by atomic mass is 11.3. The van der Waals surface area contributed by atoms with Gasteiger partial charge in [-0.25, -0.2) is 8.42 Å². The van der Waals surface area contributed by atoms with Crippen LogP contribution in [0.1, 0.15) is 0 Å². The molecule has 6 nitrogen and oxygen atoms in total. The minimum Gasteiger partial charge on any atom is -0.323 e. The molecule has 0 rings (SSSR count). The lowest BCUT2D eigenvalue weighted by Crippen LogP contribution is -2.38. The second-order valence-electron chi connectivity index (χ2n) is 1.97. The van der Waals surface area contributed by atoms with Crippen LogP contribution in [0.2, 0.25) is 0 Å². The molecule has 0 aliphatic carbocycles. The summed E-state index contributed by atoms with van der Waals surface area (Å²) in [5.41, 5.74) is -5.86. The van der Waals surface area contributed by atoms with Gasteiger partial charge in [0.2, 0.25) is 0 Å². The summed E-state index contributed by atoms with van der Waals surface area (Å²) in [6.45, 7) is 0. The molecule has 0 aromatic rings. The Kier molecular flexibility index (Phi) is 6.30. The minimum atomic E-state index is -6.17. The van der Waals surface area contributed by atoms with Crippen LogP contribution in [0.5, 0.6) is 0 Å². The summed E-state index contributed by atoms with van der Waals surface area (Å²) in [5, 5.41) is 2.75. The van der Waals surface area contributed by atoms with Gasteiger partial charge in [0.25, 0.3) is 0 Å². The van der Waals surface area contributed by atoms with Crippen LogP contribution in [0.25, 0.3) is 0 Å². The molecule has 2 N–H and O–H groups in total. The molecule has 0 aliphatic rings. The van der Waals surface area contributed by atoms with Gasteiger partial charge >= 0.3 is 25.9 Å². The molecular formula is C3H8F4N2O4S2. The zero-order valence-electron chi connectivity index (χ0n) is 7.46. The van der Waals surface area contributed by atoms with E-state index in [0.717, 1.165) is 0 Å². The normalized spacial score (nSPS) is 12.9. The van der Waals surface area contributed by atoms with Crippen molar-refractivity contribution in [2.75, 3.05) is 14.1 Å². The molecule has 12 heteroatoms. The number of alkyl halides is 3. The number of rotatable bonds is 2. The van der Waals surface area contributed by atoms with E-state index >= 15 is 0 Å². The molecular weight excluding hydrogens is 268 g/mol. The highest BCUT2D eigenvalue weighted by atomic mass is 32.3. The molecule has 0 saturated heterocycles. The van der Waals surface area contributed by atoms with E-state index in [1.54, 1.807) is 0 Å². The van der Waals surface area contributed by atoms with Gasteiger partial charge in [-0.2, -0.15) is 21.6 Å². The van der Waals surface area contributed by atoms with E-state index in [1.807, 2.05) is 14.1 Å². The SMILES string of the molecule is CNC.O=S(=O)(F)NS(=O)(=O)C(F)(F)F. The summed E-state index contributed by atoms with van der Waals surface area (Å²) in [5.74, 6) is 0. The van der Waals surface area contributed by atoms with Crippen LogP contribution in [0, 0.1) is 0 Å². The summed E-state index contributed by atoms with van der Waals surface area (Å²) < 4.78 is 83.5. The summed E-state index contributed by atoms with van der Waals surface area (Å²) >= 11 is 0. The van der Waals surface area contributed by atoms with E-state index in [2.05, 4.69) is 5.32 Å². The van der Waals surface area contributed by atoms with Gasteiger partial charge < -0.3 is 5.32 Å². The van der Waals surface area contributed by atoms with Gasteiger partial charge in [0.05, 0.1) is 0 Å². The monoisotopic (exact) mass is 276 g/mol. The summed E-state index contributed by atoms with van der Waals surface area (Å²) in [4.78, 5) is 0. The average Bonchev–Trinajstić information content (AvgIpc) is 1.79. The van der Waals surface area contributed by atoms with Crippen LogP contribution in [0.15, 0.2) is 0 Å². The van der Waals surface area contributed by atoms with Crippen LogP contribution < -0.4 is 9.44 Å². The third-order valence-corrected chi connectivity index (χ3v) is 2.80. The van der Waals surface area contributed by atoms with E-state index in [4.69, 9.17) is 0 Å². The second kappa shape index (κ2) is 5.58. The van der Waals surface area contributed by atoms with Crippen molar-refractivity contribution in [3.05, 3.63) is 0 Å². The molecule has 15 heavy (non-hydrogen) atoms. The van der Waals surface area contributed by atoms with Gasteiger partial charge in [-0.15, -0.1) is 0 Å². The van der Waals surface area contributed by atoms with Crippen molar-refractivity contribution in [2.45, 2.75) is 5.51 Å². The molecule has 0 aromatic heterocycles. The Balaban J connectivity index is 0. The van der Waals surface area contributed by atoms with Gasteiger partial charge in [-0.1, -0.05) is 8.01 Å². The van der Waals surface area contributed by atoms with Gasteiger partial charge in [-0.3, -0.25) is 0 Å². The zero-order valence-corrected chi connectivity index (χ0v) is 9.09. The molecule has 0 amide bonds. The Morgan fingerprint density at radius 1 is 1.00 bits per heavy atom. The fourth-order valence-electron chi connectivity index (χ4n) is 0.178. The maximum Gasteiger partial charge on any atom is 0.512 e. The van der Waals surface area contributed by atoms with Crippen LogP contribution in [-0.2, 0) is 20.4 Å². The number of hydrogen-bond donors (Lipinski definition) is 2. The van der Waals surface area contributed by atoms with Crippen molar-refractivity contribution < 1.29 is 33.9 Å². The van der Waals surface area contributed by atoms with E-state index < -0.39 is 25.9 Å². The highest BCUT2D eigenvalue weighted by molar-refractivity contribution is 8.03. The number of sulfonamides is 1. The van der Waals surface area contributed by atoms with Crippen LogP contribution >= 0.6 is 0 Å². The van der Waals surface area contributed by atoms with Gasteiger partial charge in [0, 0.05) is 0 Å². The molecule has 0 atom stereocenters. The standard InChI is InChI=1S/C2H7N.CHF4NO4S2/c1-3-2;2-1(3,4)11(7,8)6-12(5,9)10/h3H,1-2H3;6H. The molecule has 0 spiro atoms. The third kappa shape index (κ3) is 8.53. The van der Waals surface area contributed by atoms with Crippen molar-refractivity contribution in [2.24, 2.45) is 0 Å². The van der Waals surface area contributed by atoms with E-state index in [0.29, 0.717) is 0 Å². The Hall–Kier alpha value is -0.460. The molecule has 0 fully saturated rings. The second-order valence-corrected chi connectivity index (χ2v) is 4.98. The fraction of sp³-hybridized carbons (Fsp3) is 1.00. The molecule has 0 heterocycles. The third-order valence-electron chi connectivity index (χ3n) is 0.514. The van der Waals surface area contributed by atoms with E-state index in [-0.39, 0.29) is 4.13 Å². The smallest absolute Gasteiger partial charge is 0.323 e. The van der Waals surface area contributed by atoms with Crippen molar-refractivity contribution in [1.29, 1.82) is 0 Å². The Morgan fingerprint density at radius 3 is 1.33 bits per heavy atom. The van der Waals surface area contributed by atoms with Crippen LogP contribution in [0.4, 0.5) is 17.1 Å². The van der Waals surface area contributed by atoms with Crippen molar-refractivity contribution in [3.8, 4) is 0 Å².